The smallest absolute Gasteiger partial charge is 0.241 e. The number of anilines is 4. The zero-order valence-electron chi connectivity index (χ0n) is 17.8. The first kappa shape index (κ1) is 21.7. The molecule has 0 saturated heterocycles. The molecule has 3 N–H and O–H groups in total. The summed E-state index contributed by atoms with van der Waals surface area (Å²) in [5.41, 5.74) is 2.95. The predicted octanol–water partition coefficient (Wildman–Crippen LogP) is 5.40. The van der Waals surface area contributed by atoms with E-state index >= 15 is 0 Å². The molecule has 1 heterocycles. The predicted molar refractivity (Wildman–Crippen MR) is 127 cm³/mol. The van der Waals surface area contributed by atoms with Crippen LogP contribution in [-0.2, 0) is 10.0 Å². The van der Waals surface area contributed by atoms with E-state index in [1.54, 1.807) is 51.2 Å². The van der Waals surface area contributed by atoms with Gasteiger partial charge in [0.2, 0.25) is 16.0 Å². The Morgan fingerprint density at radius 3 is 2.30 bits per heavy atom. The van der Waals surface area contributed by atoms with Crippen LogP contribution in [0.5, 0.6) is 0 Å². The van der Waals surface area contributed by atoms with Crippen LogP contribution in [0, 0.1) is 13.8 Å². The van der Waals surface area contributed by atoms with E-state index < -0.39 is 15.6 Å². The molecule has 164 valence electrons. The molecular formula is C22H33N5O2S. The minimum Gasteiger partial charge on any atom is -0.340 e. The van der Waals surface area contributed by atoms with E-state index in [0.717, 1.165) is 11.3 Å². The number of hydrogen-bond acceptors (Lipinski definition) is 6. The molecular weight excluding hydrogens is 398 g/mol. The molecule has 0 aliphatic carbocycles. The van der Waals surface area contributed by atoms with Gasteiger partial charge in [-0.3, -0.25) is 0 Å². The highest BCUT2D eigenvalue weighted by atomic mass is 32.2. The van der Waals surface area contributed by atoms with Crippen LogP contribution in [0.1, 0.15) is 36.2 Å². The van der Waals surface area contributed by atoms with Crippen molar-refractivity contribution >= 4 is 33.2 Å². The van der Waals surface area contributed by atoms with Gasteiger partial charge in [0.25, 0.3) is 0 Å². The largest absolute Gasteiger partial charge is 0.340 e. The first-order valence-corrected chi connectivity index (χ1v) is 11.1. The van der Waals surface area contributed by atoms with Gasteiger partial charge < -0.3 is 10.6 Å². The minimum atomic E-state index is -3.63. The molecule has 0 fully saturated rings. The second kappa shape index (κ2) is 8.41. The summed E-state index contributed by atoms with van der Waals surface area (Å²) in [5.74, 6) is 1.04. The van der Waals surface area contributed by atoms with Crippen LogP contribution in [0.4, 0.5) is 23.1 Å². The van der Waals surface area contributed by atoms with Crippen molar-refractivity contribution in [1.29, 1.82) is 0 Å². The molecule has 1 aromatic heterocycles. The second-order valence-corrected chi connectivity index (χ2v) is 9.91. The Kier molecular flexibility index (Phi) is 6.09. The molecule has 0 radical (unpaired) electrons. The molecule has 2 aromatic carbocycles. The molecule has 0 aliphatic heterocycles. The molecule has 0 spiro atoms. The Morgan fingerprint density at radius 2 is 1.63 bits per heavy atom. The maximum absolute atomic E-state index is 12.6. The average Bonchev–Trinajstić information content (AvgIpc) is 2.65. The number of aromatic nitrogens is 2. The monoisotopic (exact) mass is 431 g/mol. The Morgan fingerprint density at radius 1 is 0.933 bits per heavy atom. The van der Waals surface area contributed by atoms with E-state index in [4.69, 9.17) is 0 Å². The molecule has 0 amide bonds. The van der Waals surface area contributed by atoms with Gasteiger partial charge in [0.1, 0.15) is 5.82 Å². The van der Waals surface area contributed by atoms with Crippen LogP contribution >= 0.6 is 0 Å². The Labute approximate surface area is 182 Å². The quantitative estimate of drug-likeness (QED) is 0.484. The molecule has 30 heavy (non-hydrogen) atoms. The third-order valence-corrected chi connectivity index (χ3v) is 5.88. The maximum atomic E-state index is 12.6. The molecule has 3 rings (SSSR count). The number of aryl methyl sites for hydroxylation is 2. The zero-order valence-corrected chi connectivity index (χ0v) is 18.6. The summed E-state index contributed by atoms with van der Waals surface area (Å²) in [6.07, 6.45) is 1.72. The van der Waals surface area contributed by atoms with Gasteiger partial charge in [-0.2, -0.15) is 4.98 Å². The third-order valence-electron chi connectivity index (χ3n) is 4.13. The summed E-state index contributed by atoms with van der Waals surface area (Å²) in [6, 6.07) is 14.6. The van der Waals surface area contributed by atoms with Gasteiger partial charge in [-0.1, -0.05) is 23.8 Å². The summed E-state index contributed by atoms with van der Waals surface area (Å²) >= 11 is 0. The summed E-state index contributed by atoms with van der Waals surface area (Å²) in [4.78, 5) is 9.05. The Bertz CT molecular complexity index is 1150. The molecule has 3 aromatic rings. The standard InChI is InChI=1S/C22H27N5O2S.3H2/c1-15-9-11-17(12-10-15)25-21-23-14-16(2)20(26-21)24-18-7-6-8-19(13-18)30(28,29)27-22(3,4)5;;;/h6-14,27H,1-5H3,(H2,23,24,25,26);3*1H. The number of benzene rings is 2. The number of sulfonamides is 1. The van der Waals surface area contributed by atoms with Crippen LogP contribution in [0.2, 0.25) is 0 Å². The molecule has 8 heteroatoms. The van der Waals surface area contributed by atoms with Crippen molar-refractivity contribution in [1.82, 2.24) is 14.7 Å². The number of rotatable bonds is 6. The zero-order chi connectivity index (χ0) is 21.9. The molecule has 0 bridgehead atoms. The number of nitrogens with zero attached hydrogens (tertiary/aromatic N) is 2. The van der Waals surface area contributed by atoms with Crippen molar-refractivity contribution in [3.63, 3.8) is 0 Å². The highest BCUT2D eigenvalue weighted by molar-refractivity contribution is 7.89. The van der Waals surface area contributed by atoms with E-state index in [0.29, 0.717) is 17.5 Å². The van der Waals surface area contributed by atoms with Crippen LogP contribution in [0.25, 0.3) is 0 Å². The van der Waals surface area contributed by atoms with E-state index in [1.165, 1.54) is 5.56 Å². The van der Waals surface area contributed by atoms with Gasteiger partial charge in [-0.25, -0.2) is 18.1 Å². The lowest BCUT2D eigenvalue weighted by Gasteiger charge is -2.20. The lowest BCUT2D eigenvalue weighted by atomic mass is 10.1. The van der Waals surface area contributed by atoms with E-state index in [1.807, 2.05) is 38.1 Å². The van der Waals surface area contributed by atoms with E-state index in [2.05, 4.69) is 25.3 Å². The van der Waals surface area contributed by atoms with Gasteiger partial charge in [0.05, 0.1) is 4.90 Å². The molecule has 0 atom stereocenters. The van der Waals surface area contributed by atoms with Gasteiger partial charge in [0.15, 0.2) is 0 Å². The van der Waals surface area contributed by atoms with Crippen molar-refractivity contribution in [2.45, 2.75) is 45.1 Å². The number of nitrogens with one attached hydrogen (secondary N) is 3. The van der Waals surface area contributed by atoms with Gasteiger partial charge in [-0.15, -0.1) is 0 Å². The van der Waals surface area contributed by atoms with Gasteiger partial charge in [-0.05, 0) is 65.0 Å². The summed E-state index contributed by atoms with van der Waals surface area (Å²) in [6.45, 7) is 9.33. The van der Waals surface area contributed by atoms with Crippen LogP contribution in [0.15, 0.2) is 59.6 Å². The van der Waals surface area contributed by atoms with Crippen LogP contribution in [0.3, 0.4) is 0 Å². The summed E-state index contributed by atoms with van der Waals surface area (Å²) in [5, 5.41) is 6.38. The van der Waals surface area contributed by atoms with Gasteiger partial charge in [0, 0.05) is 33.0 Å². The van der Waals surface area contributed by atoms with Crippen molar-refractivity contribution in [2.75, 3.05) is 10.6 Å². The van der Waals surface area contributed by atoms with Gasteiger partial charge >= 0.3 is 0 Å². The normalized spacial score (nSPS) is 11.9. The van der Waals surface area contributed by atoms with Crippen LogP contribution in [-0.4, -0.2) is 23.9 Å². The Hall–Kier alpha value is -2.97. The van der Waals surface area contributed by atoms with Crippen molar-refractivity contribution in [3.8, 4) is 0 Å². The topological polar surface area (TPSA) is 96.0 Å². The molecule has 0 aliphatic rings. The molecule has 7 nitrogen and oxygen atoms in total. The lowest BCUT2D eigenvalue weighted by molar-refractivity contribution is 0.491. The highest BCUT2D eigenvalue weighted by Gasteiger charge is 2.22. The second-order valence-electron chi connectivity index (χ2n) is 8.22. The summed E-state index contributed by atoms with van der Waals surface area (Å²) in [7, 11) is -3.63. The SMILES string of the molecule is Cc1ccc(Nc2ncc(C)c(Nc3cccc(S(=O)(=O)NC(C)(C)C)c3)n2)cc1.[HH].[HH].[HH]. The lowest BCUT2D eigenvalue weighted by Crippen LogP contribution is -2.40. The number of hydrogen-bond donors (Lipinski definition) is 3. The first-order chi connectivity index (χ1) is 14.0. The fourth-order valence-corrected chi connectivity index (χ4v) is 4.20. The van der Waals surface area contributed by atoms with E-state index in [-0.39, 0.29) is 9.18 Å². The van der Waals surface area contributed by atoms with Crippen molar-refractivity contribution in [2.24, 2.45) is 0 Å². The summed E-state index contributed by atoms with van der Waals surface area (Å²) < 4.78 is 27.9. The average molecular weight is 432 g/mol. The first-order valence-electron chi connectivity index (χ1n) is 9.60. The van der Waals surface area contributed by atoms with Crippen LogP contribution < -0.4 is 15.4 Å². The molecule has 0 saturated carbocycles. The molecule has 0 unspecified atom stereocenters. The Balaban J connectivity index is 0.00000341. The highest BCUT2D eigenvalue weighted by Crippen LogP contribution is 2.23. The third kappa shape index (κ3) is 5.77. The van der Waals surface area contributed by atoms with E-state index in [9.17, 15) is 8.42 Å². The minimum absolute atomic E-state index is 0. The fraction of sp³-hybridized carbons (Fsp3) is 0.273. The fourth-order valence-electron chi connectivity index (χ4n) is 2.73. The van der Waals surface area contributed by atoms with Crippen molar-refractivity contribution in [3.05, 3.63) is 65.9 Å². The van der Waals surface area contributed by atoms with Crippen molar-refractivity contribution < 1.29 is 12.7 Å². The maximum Gasteiger partial charge on any atom is 0.241 e.